The fraction of sp³-hybridized carbons (Fsp3) is 0.444. The maximum atomic E-state index is 12.6. The lowest BCUT2D eigenvalue weighted by Crippen LogP contribution is -2.49. The number of piperazine rings is 1. The number of carbonyl (C=O) groups is 1. The van der Waals surface area contributed by atoms with Crippen molar-refractivity contribution < 1.29 is 18.0 Å². The van der Waals surface area contributed by atoms with Gasteiger partial charge in [0, 0.05) is 43.8 Å². The van der Waals surface area contributed by atoms with Crippen LogP contribution in [0, 0.1) is 13.8 Å². The third-order valence-corrected chi connectivity index (χ3v) is 5.15. The van der Waals surface area contributed by atoms with Gasteiger partial charge in [0.05, 0.1) is 11.3 Å². The summed E-state index contributed by atoms with van der Waals surface area (Å²) in [5, 5.41) is 0.582. The van der Waals surface area contributed by atoms with Gasteiger partial charge in [-0.1, -0.05) is 11.8 Å². The highest BCUT2D eigenvalue weighted by molar-refractivity contribution is 7.99. The summed E-state index contributed by atoms with van der Waals surface area (Å²) in [7, 11) is 0. The zero-order chi connectivity index (χ0) is 20.3. The molecule has 0 bridgehead atoms. The molecule has 3 heterocycles. The van der Waals surface area contributed by atoms with E-state index in [4.69, 9.17) is 0 Å². The number of carbonyl (C=O) groups excluding carboxylic acids is 1. The Bertz CT molecular complexity index is 816. The molecule has 0 unspecified atom stereocenters. The van der Waals surface area contributed by atoms with Crippen LogP contribution in [0.5, 0.6) is 0 Å². The van der Waals surface area contributed by atoms with Crippen LogP contribution in [-0.4, -0.2) is 57.7 Å². The third kappa shape index (κ3) is 5.12. The van der Waals surface area contributed by atoms with Crippen LogP contribution in [0.25, 0.3) is 0 Å². The molecule has 1 aliphatic rings. The van der Waals surface area contributed by atoms with E-state index in [-0.39, 0.29) is 11.7 Å². The Hall–Kier alpha value is -2.36. The molecule has 0 spiro atoms. The van der Waals surface area contributed by atoms with E-state index >= 15 is 0 Å². The smallest absolute Gasteiger partial charge is 0.353 e. The lowest BCUT2D eigenvalue weighted by atomic mass is 10.2. The number of hydrogen-bond acceptors (Lipinski definition) is 6. The Morgan fingerprint density at radius 3 is 2.29 bits per heavy atom. The lowest BCUT2D eigenvalue weighted by Gasteiger charge is -2.35. The van der Waals surface area contributed by atoms with Gasteiger partial charge >= 0.3 is 6.18 Å². The van der Waals surface area contributed by atoms with Gasteiger partial charge in [-0.25, -0.2) is 15.0 Å². The van der Waals surface area contributed by atoms with Gasteiger partial charge in [0.15, 0.2) is 5.16 Å². The molecule has 0 N–H and O–H groups in total. The summed E-state index contributed by atoms with van der Waals surface area (Å²) < 4.78 is 37.9. The van der Waals surface area contributed by atoms with Crippen LogP contribution in [-0.2, 0) is 11.0 Å². The lowest BCUT2D eigenvalue weighted by molar-refractivity contribution is -0.137. The molecule has 0 atom stereocenters. The van der Waals surface area contributed by atoms with Gasteiger partial charge in [0.2, 0.25) is 5.91 Å². The molecule has 6 nitrogen and oxygen atoms in total. The Labute approximate surface area is 165 Å². The first-order valence-corrected chi connectivity index (χ1v) is 9.72. The first-order chi connectivity index (χ1) is 13.2. The van der Waals surface area contributed by atoms with Crippen LogP contribution >= 0.6 is 11.8 Å². The number of hydrogen-bond donors (Lipinski definition) is 0. The second kappa shape index (κ2) is 8.34. The van der Waals surface area contributed by atoms with E-state index in [0.717, 1.165) is 23.7 Å². The molecule has 2 aromatic heterocycles. The van der Waals surface area contributed by atoms with E-state index in [1.54, 1.807) is 4.90 Å². The predicted octanol–water partition coefficient (Wildman–Crippen LogP) is 2.95. The Balaban J connectivity index is 1.51. The Morgan fingerprint density at radius 2 is 1.75 bits per heavy atom. The normalized spacial score (nSPS) is 15.0. The van der Waals surface area contributed by atoms with Crippen LogP contribution in [0.3, 0.4) is 0 Å². The second-order valence-corrected chi connectivity index (χ2v) is 7.44. The minimum atomic E-state index is -4.39. The number of aryl methyl sites for hydroxylation is 2. The SMILES string of the molecule is Cc1cc(C)nc(SCC(=O)N2CCN(c3ccc(C(F)(F)F)cn3)CC2)n1. The fourth-order valence-electron chi connectivity index (χ4n) is 2.90. The monoisotopic (exact) mass is 411 g/mol. The van der Waals surface area contributed by atoms with E-state index in [0.29, 0.717) is 37.2 Å². The largest absolute Gasteiger partial charge is 0.417 e. The zero-order valence-electron chi connectivity index (χ0n) is 15.5. The molecule has 10 heteroatoms. The van der Waals surface area contributed by atoms with Crippen molar-refractivity contribution in [2.24, 2.45) is 0 Å². The summed E-state index contributed by atoms with van der Waals surface area (Å²) in [6.07, 6.45) is -3.55. The molecule has 28 heavy (non-hydrogen) atoms. The first kappa shape index (κ1) is 20.4. The highest BCUT2D eigenvalue weighted by atomic mass is 32.2. The molecule has 1 amide bonds. The van der Waals surface area contributed by atoms with Crippen molar-refractivity contribution >= 4 is 23.5 Å². The van der Waals surface area contributed by atoms with Gasteiger partial charge in [0.25, 0.3) is 0 Å². The molecule has 150 valence electrons. The third-order valence-electron chi connectivity index (χ3n) is 4.32. The van der Waals surface area contributed by atoms with Crippen molar-refractivity contribution in [3.8, 4) is 0 Å². The molecule has 3 rings (SSSR count). The molecule has 1 fully saturated rings. The zero-order valence-corrected chi connectivity index (χ0v) is 16.3. The average Bonchev–Trinajstić information content (AvgIpc) is 2.65. The molecule has 0 aliphatic carbocycles. The molecular weight excluding hydrogens is 391 g/mol. The van der Waals surface area contributed by atoms with Crippen LogP contribution in [0.1, 0.15) is 17.0 Å². The number of amides is 1. The highest BCUT2D eigenvalue weighted by Crippen LogP contribution is 2.29. The molecule has 2 aromatic rings. The number of anilines is 1. The predicted molar refractivity (Wildman–Crippen MR) is 100 cm³/mol. The second-order valence-electron chi connectivity index (χ2n) is 6.49. The van der Waals surface area contributed by atoms with E-state index in [2.05, 4.69) is 15.0 Å². The standard InChI is InChI=1S/C18H20F3N5OS/c1-12-9-13(2)24-17(23-12)28-11-16(27)26-7-5-25(6-8-26)15-4-3-14(10-22-15)18(19,20)21/h3-4,9-10H,5-8,11H2,1-2H3. The van der Waals surface area contributed by atoms with Crippen molar-refractivity contribution in [1.82, 2.24) is 19.9 Å². The van der Waals surface area contributed by atoms with Gasteiger partial charge in [-0.15, -0.1) is 0 Å². The van der Waals surface area contributed by atoms with Gasteiger partial charge in [-0.3, -0.25) is 4.79 Å². The molecule has 1 aliphatic heterocycles. The van der Waals surface area contributed by atoms with E-state index in [1.807, 2.05) is 24.8 Å². The summed E-state index contributed by atoms with van der Waals surface area (Å²) in [6, 6.07) is 4.27. The summed E-state index contributed by atoms with van der Waals surface area (Å²) in [5.41, 5.74) is 0.955. The molecular formula is C18H20F3N5OS. The van der Waals surface area contributed by atoms with Crippen LogP contribution in [0.2, 0.25) is 0 Å². The number of thioether (sulfide) groups is 1. The molecule has 0 saturated carbocycles. The summed E-state index contributed by atoms with van der Waals surface area (Å²) in [4.78, 5) is 28.6. The first-order valence-electron chi connectivity index (χ1n) is 8.73. The number of aromatic nitrogens is 3. The van der Waals surface area contributed by atoms with E-state index < -0.39 is 11.7 Å². The number of halogens is 3. The number of pyridine rings is 1. The fourth-order valence-corrected chi connectivity index (χ4v) is 3.75. The van der Waals surface area contributed by atoms with Gasteiger partial charge in [0.1, 0.15) is 5.82 Å². The summed E-state index contributed by atoms with van der Waals surface area (Å²) in [6.45, 7) is 5.80. The van der Waals surface area contributed by atoms with E-state index in [9.17, 15) is 18.0 Å². The number of rotatable bonds is 4. The minimum absolute atomic E-state index is 0.00668. The maximum Gasteiger partial charge on any atom is 0.417 e. The van der Waals surface area contributed by atoms with Crippen LogP contribution < -0.4 is 4.90 Å². The topological polar surface area (TPSA) is 62.2 Å². The van der Waals surface area contributed by atoms with E-state index in [1.165, 1.54) is 17.8 Å². The van der Waals surface area contributed by atoms with Crippen molar-refractivity contribution in [2.45, 2.75) is 25.2 Å². The van der Waals surface area contributed by atoms with Crippen LogP contribution in [0.15, 0.2) is 29.6 Å². The van der Waals surface area contributed by atoms with Crippen molar-refractivity contribution in [2.75, 3.05) is 36.8 Å². The molecule has 1 saturated heterocycles. The van der Waals surface area contributed by atoms with Crippen LogP contribution in [0.4, 0.5) is 19.0 Å². The van der Waals surface area contributed by atoms with Crippen molar-refractivity contribution in [3.05, 3.63) is 41.3 Å². The minimum Gasteiger partial charge on any atom is -0.353 e. The Kier molecular flexibility index (Phi) is 6.07. The maximum absolute atomic E-state index is 12.6. The Morgan fingerprint density at radius 1 is 1.11 bits per heavy atom. The van der Waals surface area contributed by atoms with Gasteiger partial charge in [-0.2, -0.15) is 13.2 Å². The molecule has 0 aromatic carbocycles. The quantitative estimate of drug-likeness (QED) is 0.570. The number of alkyl halides is 3. The van der Waals surface area contributed by atoms with Gasteiger partial charge < -0.3 is 9.80 Å². The number of nitrogens with zero attached hydrogens (tertiary/aromatic N) is 5. The van der Waals surface area contributed by atoms with Crippen molar-refractivity contribution in [3.63, 3.8) is 0 Å². The molecule has 0 radical (unpaired) electrons. The van der Waals surface area contributed by atoms with Gasteiger partial charge in [-0.05, 0) is 32.0 Å². The van der Waals surface area contributed by atoms with Crippen molar-refractivity contribution in [1.29, 1.82) is 0 Å². The average molecular weight is 411 g/mol. The summed E-state index contributed by atoms with van der Waals surface area (Å²) in [5.74, 6) is 0.729. The summed E-state index contributed by atoms with van der Waals surface area (Å²) >= 11 is 1.31. The highest BCUT2D eigenvalue weighted by Gasteiger charge is 2.31.